The summed E-state index contributed by atoms with van der Waals surface area (Å²) >= 11 is 0. The molecular formula is C25H23FN4O2. The number of hydrogen-bond acceptors (Lipinski definition) is 5. The van der Waals surface area contributed by atoms with Gasteiger partial charge >= 0.3 is 0 Å². The van der Waals surface area contributed by atoms with Gasteiger partial charge in [0, 0.05) is 18.7 Å². The van der Waals surface area contributed by atoms with Crippen LogP contribution >= 0.6 is 0 Å². The molecule has 0 amide bonds. The van der Waals surface area contributed by atoms with Crippen molar-refractivity contribution < 1.29 is 9.50 Å². The van der Waals surface area contributed by atoms with Gasteiger partial charge < -0.3 is 10.8 Å². The van der Waals surface area contributed by atoms with Crippen LogP contribution < -0.4 is 11.3 Å². The van der Waals surface area contributed by atoms with Gasteiger partial charge in [-0.3, -0.25) is 9.36 Å². The molecule has 0 radical (unpaired) electrons. The average Bonchev–Trinajstić information content (AvgIpc) is 2.81. The number of aliphatic hydroxyl groups is 1. The van der Waals surface area contributed by atoms with Gasteiger partial charge in [-0.1, -0.05) is 36.4 Å². The van der Waals surface area contributed by atoms with Gasteiger partial charge in [-0.15, -0.1) is 0 Å². The summed E-state index contributed by atoms with van der Waals surface area (Å²) in [6.45, 7) is -0.112. The Morgan fingerprint density at radius 3 is 2.56 bits per heavy atom. The third kappa shape index (κ3) is 3.98. The minimum atomic E-state index is -0.668. The van der Waals surface area contributed by atoms with Crippen LogP contribution in [0.1, 0.15) is 36.2 Å². The number of aromatic nitrogens is 2. The Morgan fingerprint density at radius 1 is 1.25 bits per heavy atom. The second kappa shape index (κ2) is 8.87. The summed E-state index contributed by atoms with van der Waals surface area (Å²) in [7, 11) is 1.68. The van der Waals surface area contributed by atoms with Crippen LogP contribution in [-0.2, 0) is 13.7 Å². The van der Waals surface area contributed by atoms with Crippen molar-refractivity contribution in [3.63, 3.8) is 0 Å². The van der Waals surface area contributed by atoms with Gasteiger partial charge in [-0.2, -0.15) is 5.26 Å². The molecule has 1 atom stereocenters. The monoisotopic (exact) mass is 430 g/mol. The minimum Gasteiger partial charge on any atom is -0.392 e. The van der Waals surface area contributed by atoms with Gasteiger partial charge in [0.05, 0.1) is 23.4 Å². The molecule has 0 fully saturated rings. The standard InChI is InChI=1S/C25H23FN4O2/c1-30-24(17-8-10-20(28)11-9-17)29-23(18-6-7-19(13-27)21(26)12-18)22(25(30)32)16-4-2-15(14-31)3-5-16/h2-8,12,20,31H,9-11,14,28H2,1H3. The number of hydrogen-bond donors (Lipinski definition) is 2. The van der Waals surface area contributed by atoms with Crippen molar-refractivity contribution in [3.05, 3.63) is 81.7 Å². The summed E-state index contributed by atoms with van der Waals surface area (Å²) in [6.07, 6.45) is 4.21. The van der Waals surface area contributed by atoms with Gasteiger partial charge in [0.25, 0.3) is 5.56 Å². The zero-order valence-electron chi connectivity index (χ0n) is 17.7. The van der Waals surface area contributed by atoms with E-state index in [1.54, 1.807) is 37.4 Å². The van der Waals surface area contributed by atoms with E-state index in [9.17, 15) is 14.3 Å². The van der Waals surface area contributed by atoms with Crippen LogP contribution in [-0.4, -0.2) is 20.7 Å². The number of halogens is 1. The summed E-state index contributed by atoms with van der Waals surface area (Å²) in [6, 6.07) is 13.1. The maximum atomic E-state index is 14.5. The van der Waals surface area contributed by atoms with Crippen LogP contribution in [0.4, 0.5) is 4.39 Å². The number of nitrogens with zero attached hydrogens (tertiary/aromatic N) is 3. The molecule has 0 bridgehead atoms. The molecule has 32 heavy (non-hydrogen) atoms. The van der Waals surface area contributed by atoms with Crippen LogP contribution in [0, 0.1) is 17.1 Å². The largest absolute Gasteiger partial charge is 0.392 e. The number of nitrogens with two attached hydrogens (primary N) is 1. The first-order chi connectivity index (χ1) is 15.4. The van der Waals surface area contributed by atoms with E-state index < -0.39 is 5.82 Å². The van der Waals surface area contributed by atoms with Crippen molar-refractivity contribution in [1.29, 1.82) is 5.26 Å². The van der Waals surface area contributed by atoms with Crippen LogP contribution in [0.25, 0.3) is 28.0 Å². The highest BCUT2D eigenvalue weighted by Crippen LogP contribution is 2.32. The van der Waals surface area contributed by atoms with Crippen molar-refractivity contribution >= 4 is 5.57 Å². The second-order valence-corrected chi connectivity index (χ2v) is 7.95. The molecule has 3 aromatic rings. The molecule has 1 aliphatic rings. The summed E-state index contributed by atoms with van der Waals surface area (Å²) in [5.74, 6) is -0.143. The molecule has 1 unspecified atom stereocenters. The van der Waals surface area contributed by atoms with Crippen molar-refractivity contribution in [1.82, 2.24) is 9.55 Å². The molecule has 3 N–H and O–H groups in total. The first-order valence-electron chi connectivity index (χ1n) is 10.4. The van der Waals surface area contributed by atoms with Gasteiger partial charge in [-0.05, 0) is 48.1 Å². The van der Waals surface area contributed by atoms with Crippen molar-refractivity contribution in [2.45, 2.75) is 31.9 Å². The molecule has 162 valence electrons. The highest BCUT2D eigenvalue weighted by molar-refractivity contribution is 5.81. The zero-order valence-corrected chi connectivity index (χ0v) is 17.7. The maximum Gasteiger partial charge on any atom is 0.262 e. The molecule has 0 saturated heterocycles. The van der Waals surface area contributed by atoms with Crippen molar-refractivity contribution in [3.8, 4) is 28.5 Å². The fraction of sp³-hybridized carbons (Fsp3) is 0.240. The van der Waals surface area contributed by atoms with Crippen LogP contribution in [0.3, 0.4) is 0 Å². The topological polar surface area (TPSA) is 105 Å². The molecule has 7 heteroatoms. The van der Waals surface area contributed by atoms with Crippen molar-refractivity contribution in [2.75, 3.05) is 0 Å². The molecule has 6 nitrogen and oxygen atoms in total. The molecular weight excluding hydrogens is 407 g/mol. The predicted octanol–water partition coefficient (Wildman–Crippen LogP) is 3.51. The Labute approximate surface area is 185 Å². The van der Waals surface area contributed by atoms with Gasteiger partial charge in [0.15, 0.2) is 0 Å². The number of benzene rings is 2. The van der Waals surface area contributed by atoms with Gasteiger partial charge in [-0.25, -0.2) is 9.37 Å². The fourth-order valence-corrected chi connectivity index (χ4v) is 3.95. The maximum absolute atomic E-state index is 14.5. The van der Waals surface area contributed by atoms with E-state index in [4.69, 9.17) is 16.0 Å². The summed E-state index contributed by atoms with van der Waals surface area (Å²) in [5.41, 5.74) is 9.03. The lowest BCUT2D eigenvalue weighted by Crippen LogP contribution is -2.27. The highest BCUT2D eigenvalue weighted by atomic mass is 19.1. The fourth-order valence-electron chi connectivity index (χ4n) is 3.95. The molecule has 1 aliphatic carbocycles. The van der Waals surface area contributed by atoms with E-state index in [0.717, 1.165) is 12.0 Å². The third-order valence-electron chi connectivity index (χ3n) is 5.82. The molecule has 0 saturated carbocycles. The summed E-state index contributed by atoms with van der Waals surface area (Å²) < 4.78 is 16.0. The van der Waals surface area contributed by atoms with E-state index in [1.807, 2.05) is 12.1 Å². The lowest BCUT2D eigenvalue weighted by atomic mass is 9.94. The Kier molecular flexibility index (Phi) is 5.99. The second-order valence-electron chi connectivity index (χ2n) is 7.95. The first kappa shape index (κ1) is 21.6. The van der Waals surface area contributed by atoms with E-state index >= 15 is 0 Å². The molecule has 4 rings (SSSR count). The Balaban J connectivity index is 1.98. The van der Waals surface area contributed by atoms with E-state index in [2.05, 4.69) is 0 Å². The summed E-state index contributed by atoms with van der Waals surface area (Å²) in [5, 5.41) is 18.4. The number of aliphatic hydroxyl groups excluding tert-OH is 1. The molecule has 0 spiro atoms. The third-order valence-corrected chi connectivity index (χ3v) is 5.82. The average molecular weight is 430 g/mol. The quantitative estimate of drug-likeness (QED) is 0.659. The van der Waals surface area contributed by atoms with Gasteiger partial charge in [0.2, 0.25) is 0 Å². The molecule has 0 aliphatic heterocycles. The van der Waals surface area contributed by atoms with E-state index in [-0.39, 0.29) is 23.8 Å². The number of nitriles is 1. The van der Waals surface area contributed by atoms with Crippen molar-refractivity contribution in [2.24, 2.45) is 12.8 Å². The Hall–Kier alpha value is -3.60. The smallest absolute Gasteiger partial charge is 0.262 e. The Bertz CT molecular complexity index is 1300. The Morgan fingerprint density at radius 2 is 1.97 bits per heavy atom. The lowest BCUT2D eigenvalue weighted by molar-refractivity contribution is 0.282. The minimum absolute atomic E-state index is 0.0735. The molecule has 2 aromatic carbocycles. The number of allylic oxidation sites excluding steroid dienone is 1. The molecule has 1 heterocycles. The highest BCUT2D eigenvalue weighted by Gasteiger charge is 2.22. The number of rotatable bonds is 4. The lowest BCUT2D eigenvalue weighted by Gasteiger charge is -2.21. The molecule has 1 aromatic heterocycles. The normalized spacial score (nSPS) is 15.8. The van der Waals surface area contributed by atoms with Crippen LogP contribution in [0.5, 0.6) is 0 Å². The van der Waals surface area contributed by atoms with E-state index in [0.29, 0.717) is 46.6 Å². The SMILES string of the molecule is Cn1c(C2=CCC(N)CC2)nc(-c2ccc(C#N)c(F)c2)c(-c2ccc(CO)cc2)c1=O. The van der Waals surface area contributed by atoms with Crippen LogP contribution in [0.15, 0.2) is 53.3 Å². The zero-order chi connectivity index (χ0) is 22.8. The van der Waals surface area contributed by atoms with E-state index in [1.165, 1.54) is 16.7 Å². The van der Waals surface area contributed by atoms with Gasteiger partial charge in [0.1, 0.15) is 17.7 Å². The van der Waals surface area contributed by atoms with Crippen LogP contribution in [0.2, 0.25) is 0 Å². The summed E-state index contributed by atoms with van der Waals surface area (Å²) in [4.78, 5) is 18.4. The predicted molar refractivity (Wildman–Crippen MR) is 121 cm³/mol. The first-order valence-corrected chi connectivity index (χ1v) is 10.4.